The first kappa shape index (κ1) is 18.7. The van der Waals surface area contributed by atoms with E-state index < -0.39 is 29.4 Å². The minimum Gasteiger partial charge on any atom is -0.491 e. The molecule has 0 heterocycles. The molecule has 0 saturated heterocycles. The van der Waals surface area contributed by atoms with E-state index in [-0.39, 0.29) is 35.0 Å². The summed E-state index contributed by atoms with van der Waals surface area (Å²) in [6, 6.07) is 5.07. The van der Waals surface area contributed by atoms with Crippen LogP contribution in [-0.2, 0) is 0 Å². The van der Waals surface area contributed by atoms with E-state index in [1.54, 1.807) is 6.92 Å². The largest absolute Gasteiger partial charge is 0.491 e. The molecule has 1 saturated carbocycles. The normalized spacial score (nSPS) is 20.2. The van der Waals surface area contributed by atoms with Crippen molar-refractivity contribution < 1.29 is 27.4 Å². The number of aliphatic hydroxyl groups excluding tert-OH is 1. The van der Waals surface area contributed by atoms with Gasteiger partial charge < -0.3 is 9.84 Å². The second-order valence-electron chi connectivity index (χ2n) is 6.51. The van der Waals surface area contributed by atoms with Crippen LogP contribution in [0.4, 0.5) is 17.6 Å². The van der Waals surface area contributed by atoms with Gasteiger partial charge in [-0.3, -0.25) is 0 Å². The third kappa shape index (κ3) is 3.43. The predicted molar refractivity (Wildman–Crippen MR) is 90.1 cm³/mol. The zero-order chi connectivity index (χ0) is 18.8. The van der Waals surface area contributed by atoms with Crippen molar-refractivity contribution in [1.29, 1.82) is 0 Å². The van der Waals surface area contributed by atoms with Crippen LogP contribution in [0.15, 0.2) is 24.3 Å². The predicted octanol–water partition coefficient (Wildman–Crippen LogP) is 5.33. The molecule has 2 aromatic carbocycles. The van der Waals surface area contributed by atoms with Gasteiger partial charge >= 0.3 is 0 Å². The van der Waals surface area contributed by atoms with E-state index in [0.717, 1.165) is 0 Å². The summed E-state index contributed by atoms with van der Waals surface area (Å²) in [6.07, 6.45) is 1.78. The first-order valence-corrected chi connectivity index (χ1v) is 8.71. The standard InChI is InChI=1S/C20H20F4O2/c1-2-26-16-10-9-15(19(23)20(16)24)14-8-7-13(17(21)18(14)22)11-3-5-12(25)6-4-11/h7-12,25H,2-6H2,1H3. The first-order chi connectivity index (χ1) is 12.4. The lowest BCUT2D eigenvalue weighted by Crippen LogP contribution is -2.18. The molecule has 0 aliphatic heterocycles. The van der Waals surface area contributed by atoms with Crippen LogP contribution in [0.3, 0.4) is 0 Å². The van der Waals surface area contributed by atoms with E-state index in [2.05, 4.69) is 0 Å². The van der Waals surface area contributed by atoms with Gasteiger partial charge in [0.25, 0.3) is 0 Å². The molecule has 1 fully saturated rings. The maximum Gasteiger partial charge on any atom is 0.201 e. The van der Waals surface area contributed by atoms with E-state index in [9.17, 15) is 22.7 Å². The molecule has 0 atom stereocenters. The van der Waals surface area contributed by atoms with Crippen LogP contribution in [0.1, 0.15) is 44.1 Å². The lowest BCUT2D eigenvalue weighted by Gasteiger charge is -2.26. The zero-order valence-electron chi connectivity index (χ0n) is 14.4. The Bertz CT molecular complexity index is 799. The fraction of sp³-hybridized carbons (Fsp3) is 0.400. The molecular weight excluding hydrogens is 348 g/mol. The molecule has 0 radical (unpaired) electrons. The average molecular weight is 368 g/mol. The Hall–Kier alpha value is -2.08. The number of aliphatic hydroxyl groups is 1. The Balaban J connectivity index is 1.97. The van der Waals surface area contributed by atoms with Crippen molar-refractivity contribution in [3.8, 4) is 16.9 Å². The number of hydrogen-bond donors (Lipinski definition) is 1. The van der Waals surface area contributed by atoms with Crippen molar-refractivity contribution in [3.63, 3.8) is 0 Å². The van der Waals surface area contributed by atoms with Crippen molar-refractivity contribution in [2.45, 2.75) is 44.6 Å². The van der Waals surface area contributed by atoms with Crippen molar-refractivity contribution >= 4 is 0 Å². The lowest BCUT2D eigenvalue weighted by molar-refractivity contribution is 0.122. The number of rotatable bonds is 4. The van der Waals surface area contributed by atoms with Crippen LogP contribution >= 0.6 is 0 Å². The van der Waals surface area contributed by atoms with Crippen molar-refractivity contribution in [2.75, 3.05) is 6.61 Å². The Labute approximate surface area is 149 Å². The third-order valence-electron chi connectivity index (χ3n) is 4.89. The molecule has 26 heavy (non-hydrogen) atoms. The highest BCUT2D eigenvalue weighted by molar-refractivity contribution is 5.66. The summed E-state index contributed by atoms with van der Waals surface area (Å²) >= 11 is 0. The van der Waals surface area contributed by atoms with Gasteiger partial charge in [0.15, 0.2) is 23.2 Å². The van der Waals surface area contributed by atoms with Gasteiger partial charge in [0.2, 0.25) is 5.82 Å². The molecule has 0 unspecified atom stereocenters. The molecule has 1 N–H and O–H groups in total. The fourth-order valence-electron chi connectivity index (χ4n) is 3.48. The zero-order valence-corrected chi connectivity index (χ0v) is 14.4. The second-order valence-corrected chi connectivity index (χ2v) is 6.51. The Morgan fingerprint density at radius 3 is 2.04 bits per heavy atom. The maximum atomic E-state index is 14.6. The minimum atomic E-state index is -1.28. The Morgan fingerprint density at radius 2 is 1.42 bits per heavy atom. The second kappa shape index (κ2) is 7.66. The SMILES string of the molecule is CCOc1ccc(-c2ccc(C3CCC(O)CC3)c(F)c2F)c(F)c1F. The highest BCUT2D eigenvalue weighted by Gasteiger charge is 2.27. The van der Waals surface area contributed by atoms with Crippen molar-refractivity contribution in [3.05, 3.63) is 53.1 Å². The summed E-state index contributed by atoms with van der Waals surface area (Å²) in [7, 11) is 0. The van der Waals surface area contributed by atoms with Gasteiger partial charge in [0.05, 0.1) is 12.7 Å². The summed E-state index contributed by atoms with van der Waals surface area (Å²) in [5, 5.41) is 9.55. The summed E-state index contributed by atoms with van der Waals surface area (Å²) < 4.78 is 62.5. The molecule has 0 aromatic heterocycles. The van der Waals surface area contributed by atoms with E-state index in [4.69, 9.17) is 4.74 Å². The van der Waals surface area contributed by atoms with Gasteiger partial charge in [-0.25, -0.2) is 13.2 Å². The van der Waals surface area contributed by atoms with E-state index in [0.29, 0.717) is 25.7 Å². The van der Waals surface area contributed by atoms with Crippen LogP contribution in [0, 0.1) is 23.3 Å². The number of benzene rings is 2. The van der Waals surface area contributed by atoms with Crippen molar-refractivity contribution in [1.82, 2.24) is 0 Å². The van der Waals surface area contributed by atoms with Gasteiger partial charge in [0, 0.05) is 11.1 Å². The van der Waals surface area contributed by atoms with E-state index in [1.807, 2.05) is 0 Å². The molecule has 0 spiro atoms. The van der Waals surface area contributed by atoms with Gasteiger partial charge in [-0.05, 0) is 56.2 Å². The molecule has 6 heteroatoms. The molecule has 3 rings (SSSR count). The fourth-order valence-corrected chi connectivity index (χ4v) is 3.48. The van der Waals surface area contributed by atoms with Crippen LogP contribution in [-0.4, -0.2) is 17.8 Å². The third-order valence-corrected chi connectivity index (χ3v) is 4.89. The molecular formula is C20H20F4O2. The molecule has 1 aliphatic rings. The lowest BCUT2D eigenvalue weighted by atomic mass is 9.82. The highest BCUT2D eigenvalue weighted by Crippen LogP contribution is 2.38. The number of halogens is 4. The van der Waals surface area contributed by atoms with E-state index in [1.165, 1.54) is 24.3 Å². The Morgan fingerprint density at radius 1 is 0.846 bits per heavy atom. The topological polar surface area (TPSA) is 29.5 Å². The molecule has 140 valence electrons. The Kier molecular flexibility index (Phi) is 5.51. The molecule has 2 aromatic rings. The van der Waals surface area contributed by atoms with E-state index >= 15 is 0 Å². The van der Waals surface area contributed by atoms with Crippen LogP contribution in [0.2, 0.25) is 0 Å². The number of ether oxygens (including phenoxy) is 1. The van der Waals surface area contributed by atoms with Crippen molar-refractivity contribution in [2.24, 2.45) is 0 Å². The van der Waals surface area contributed by atoms with Crippen LogP contribution < -0.4 is 4.74 Å². The summed E-state index contributed by atoms with van der Waals surface area (Å²) in [4.78, 5) is 0. The number of hydrogen-bond acceptors (Lipinski definition) is 2. The monoisotopic (exact) mass is 368 g/mol. The maximum absolute atomic E-state index is 14.6. The van der Waals surface area contributed by atoms with Gasteiger partial charge in [0.1, 0.15) is 0 Å². The van der Waals surface area contributed by atoms with Gasteiger partial charge in [-0.2, -0.15) is 4.39 Å². The summed E-state index contributed by atoms with van der Waals surface area (Å²) in [5.74, 6) is -5.21. The summed E-state index contributed by atoms with van der Waals surface area (Å²) in [5.41, 5.74) is -0.473. The molecule has 1 aliphatic carbocycles. The minimum absolute atomic E-state index is 0.156. The van der Waals surface area contributed by atoms with Crippen LogP contribution in [0.5, 0.6) is 5.75 Å². The van der Waals surface area contributed by atoms with Gasteiger partial charge in [-0.15, -0.1) is 0 Å². The summed E-state index contributed by atoms with van der Waals surface area (Å²) in [6.45, 7) is 1.78. The molecule has 0 amide bonds. The quantitative estimate of drug-likeness (QED) is 0.740. The highest BCUT2D eigenvalue weighted by atomic mass is 19.2. The average Bonchev–Trinajstić information content (AvgIpc) is 2.63. The molecule has 0 bridgehead atoms. The van der Waals surface area contributed by atoms with Crippen LogP contribution in [0.25, 0.3) is 11.1 Å². The smallest absolute Gasteiger partial charge is 0.201 e. The first-order valence-electron chi connectivity index (χ1n) is 8.71. The van der Waals surface area contributed by atoms with Gasteiger partial charge in [-0.1, -0.05) is 12.1 Å². The molecule has 2 nitrogen and oxygen atoms in total.